The highest BCUT2D eigenvalue weighted by atomic mass is 16.7. The number of carbonyl (C=O) groups is 2. The molecule has 6 heteroatoms. The molecule has 24 heavy (non-hydrogen) atoms. The Morgan fingerprint density at radius 2 is 1.75 bits per heavy atom. The fourth-order valence-electron chi connectivity index (χ4n) is 2.43. The van der Waals surface area contributed by atoms with Crippen LogP contribution in [0.5, 0.6) is 0 Å². The molecule has 1 aliphatic rings. The molecule has 1 saturated heterocycles. The quantitative estimate of drug-likeness (QED) is 0.522. The molecule has 1 aromatic rings. The summed E-state index contributed by atoms with van der Waals surface area (Å²) in [7, 11) is 0. The van der Waals surface area contributed by atoms with Crippen LogP contribution in [0.3, 0.4) is 0 Å². The third-order valence-electron chi connectivity index (χ3n) is 4.50. The van der Waals surface area contributed by atoms with Crippen molar-refractivity contribution >= 4 is 11.8 Å². The van der Waals surface area contributed by atoms with Gasteiger partial charge in [-0.05, 0) is 27.7 Å². The molecule has 0 atom stereocenters. The molecule has 0 saturated carbocycles. The van der Waals surface area contributed by atoms with Gasteiger partial charge in [-0.3, -0.25) is 9.59 Å². The van der Waals surface area contributed by atoms with Crippen molar-refractivity contribution < 1.29 is 14.4 Å². The Labute approximate surface area is 141 Å². The molecule has 1 fully saturated rings. The maximum Gasteiger partial charge on any atom is 0.329 e. The third-order valence-corrected chi connectivity index (χ3v) is 4.50. The van der Waals surface area contributed by atoms with Crippen LogP contribution in [0, 0.1) is 11.3 Å². The molecule has 1 aromatic carbocycles. The van der Waals surface area contributed by atoms with E-state index in [2.05, 4.69) is 5.32 Å². The molecular weight excluding hydrogens is 306 g/mol. The lowest BCUT2D eigenvalue weighted by molar-refractivity contribution is -0.197. The van der Waals surface area contributed by atoms with Crippen molar-refractivity contribution in [3.63, 3.8) is 0 Å². The second-order valence-electron chi connectivity index (χ2n) is 6.72. The van der Waals surface area contributed by atoms with Gasteiger partial charge in [-0.1, -0.05) is 30.3 Å². The summed E-state index contributed by atoms with van der Waals surface area (Å²) >= 11 is 0. The number of Topliss-reactive ketones (excluding diaryl/α,β-unsaturated/α-hetero) is 1. The van der Waals surface area contributed by atoms with Gasteiger partial charge < -0.3 is 10.2 Å². The molecule has 0 spiro atoms. The van der Waals surface area contributed by atoms with E-state index in [9.17, 15) is 14.9 Å². The van der Waals surface area contributed by atoms with E-state index in [-0.39, 0.29) is 11.4 Å². The van der Waals surface area contributed by atoms with Crippen molar-refractivity contribution in [1.29, 1.82) is 5.26 Å². The van der Waals surface area contributed by atoms with Gasteiger partial charge in [0.25, 0.3) is 0 Å². The van der Waals surface area contributed by atoms with E-state index in [0.29, 0.717) is 5.56 Å². The van der Waals surface area contributed by atoms with Gasteiger partial charge in [0, 0.05) is 12.5 Å². The Balaban J connectivity index is 2.59. The van der Waals surface area contributed by atoms with Gasteiger partial charge in [0.15, 0.2) is 5.82 Å². The average Bonchev–Trinajstić information content (AvgIpc) is 2.68. The second kappa shape index (κ2) is 6.00. The number of carbonyl (C=O) groups excluding carboxylic acids is 2. The van der Waals surface area contributed by atoms with Crippen LogP contribution in [0.1, 0.15) is 45.0 Å². The van der Waals surface area contributed by atoms with Crippen LogP contribution in [-0.4, -0.2) is 27.9 Å². The van der Waals surface area contributed by atoms with E-state index in [1.54, 1.807) is 30.3 Å². The first-order valence-electron chi connectivity index (χ1n) is 7.63. The summed E-state index contributed by atoms with van der Waals surface area (Å²) in [5.41, 5.74) is -0.890. The number of nitrogens with one attached hydrogen (secondary N) is 1. The summed E-state index contributed by atoms with van der Waals surface area (Å²) in [6, 6.07) is 10.5. The molecule has 0 aromatic heterocycles. The third kappa shape index (κ3) is 2.85. The van der Waals surface area contributed by atoms with Gasteiger partial charge in [0.2, 0.25) is 5.78 Å². The number of rotatable bonds is 3. The number of hydrogen-bond acceptors (Lipinski definition) is 6. The monoisotopic (exact) mass is 327 g/mol. The maximum atomic E-state index is 12.7. The summed E-state index contributed by atoms with van der Waals surface area (Å²) in [5, 5.41) is 14.1. The topological polar surface area (TPSA) is 82.4 Å². The van der Waals surface area contributed by atoms with E-state index in [1.807, 2.05) is 33.8 Å². The normalized spacial score (nSPS) is 19.9. The Morgan fingerprint density at radius 1 is 1.17 bits per heavy atom. The van der Waals surface area contributed by atoms with Gasteiger partial charge in [0.1, 0.15) is 11.6 Å². The lowest BCUT2D eigenvalue weighted by Gasteiger charge is -2.37. The van der Waals surface area contributed by atoms with Crippen LogP contribution in [0.25, 0.3) is 0 Å². The molecule has 0 bridgehead atoms. The molecule has 6 nitrogen and oxygen atoms in total. The fourth-order valence-corrected chi connectivity index (χ4v) is 2.43. The van der Waals surface area contributed by atoms with Crippen molar-refractivity contribution in [2.24, 2.45) is 0 Å². The lowest BCUT2D eigenvalue weighted by Crippen LogP contribution is -2.53. The number of nitriles is 1. The Kier molecular flexibility index (Phi) is 4.39. The number of benzene rings is 1. The van der Waals surface area contributed by atoms with Crippen LogP contribution in [0.4, 0.5) is 0 Å². The zero-order chi connectivity index (χ0) is 18.1. The summed E-state index contributed by atoms with van der Waals surface area (Å²) in [6.45, 7) is 8.86. The zero-order valence-electron chi connectivity index (χ0n) is 14.5. The molecule has 1 heterocycles. The molecule has 0 aliphatic carbocycles. The minimum absolute atomic E-state index is 0.0962. The molecule has 0 amide bonds. The van der Waals surface area contributed by atoms with Crippen LogP contribution < -0.4 is 5.32 Å². The van der Waals surface area contributed by atoms with E-state index >= 15 is 0 Å². The summed E-state index contributed by atoms with van der Waals surface area (Å²) < 4.78 is 0. The fraction of sp³-hybridized carbons (Fsp3) is 0.389. The first kappa shape index (κ1) is 17.5. The van der Waals surface area contributed by atoms with Crippen LogP contribution in [0.15, 0.2) is 41.7 Å². The Hall–Kier alpha value is -2.81. The maximum absolute atomic E-state index is 12.7. The highest BCUT2D eigenvalue weighted by Crippen LogP contribution is 2.39. The first-order chi connectivity index (χ1) is 11.1. The number of hydroxylamine groups is 2. The Bertz CT molecular complexity index is 743. The van der Waals surface area contributed by atoms with E-state index in [4.69, 9.17) is 4.84 Å². The standard InChI is InChI=1S/C18H21N3O3/c1-12(22)24-21-16(20-17(2,3)18(21,4)5)14(11-19)15(23)13-9-7-6-8-10-13/h6-10,20H,1-5H3/b16-14+. The smallest absolute Gasteiger partial charge is 0.329 e. The predicted molar refractivity (Wildman–Crippen MR) is 88.3 cm³/mol. The molecule has 1 aliphatic heterocycles. The average molecular weight is 327 g/mol. The lowest BCUT2D eigenvalue weighted by atomic mass is 9.84. The van der Waals surface area contributed by atoms with E-state index < -0.39 is 22.8 Å². The minimum atomic E-state index is -0.660. The van der Waals surface area contributed by atoms with Crippen LogP contribution >= 0.6 is 0 Å². The number of hydrogen-bond donors (Lipinski definition) is 1. The van der Waals surface area contributed by atoms with Crippen LogP contribution in [-0.2, 0) is 9.63 Å². The van der Waals surface area contributed by atoms with Gasteiger partial charge >= 0.3 is 5.97 Å². The van der Waals surface area contributed by atoms with E-state index in [1.165, 1.54) is 12.0 Å². The van der Waals surface area contributed by atoms with Gasteiger partial charge in [0.05, 0.1) is 11.1 Å². The molecular formula is C18H21N3O3. The van der Waals surface area contributed by atoms with Crippen molar-refractivity contribution in [3.8, 4) is 6.07 Å². The molecule has 0 unspecified atom stereocenters. The number of allylic oxidation sites excluding steroid dienone is 1. The predicted octanol–water partition coefficient (Wildman–Crippen LogP) is 2.54. The second-order valence-corrected chi connectivity index (χ2v) is 6.72. The van der Waals surface area contributed by atoms with Crippen molar-refractivity contribution in [2.45, 2.75) is 45.7 Å². The molecule has 2 rings (SSSR count). The van der Waals surface area contributed by atoms with E-state index in [0.717, 1.165) is 0 Å². The zero-order valence-corrected chi connectivity index (χ0v) is 14.5. The van der Waals surface area contributed by atoms with Gasteiger partial charge in [-0.15, -0.1) is 0 Å². The molecule has 1 N–H and O–H groups in total. The summed E-state index contributed by atoms with van der Waals surface area (Å²) in [5.74, 6) is -0.743. The summed E-state index contributed by atoms with van der Waals surface area (Å²) in [4.78, 5) is 29.6. The van der Waals surface area contributed by atoms with Crippen molar-refractivity contribution in [1.82, 2.24) is 10.4 Å². The number of ketones is 1. The SMILES string of the molecule is CC(=O)ON1/C(=C(\C#N)C(=O)c2ccccc2)NC(C)(C)C1(C)C. The molecule has 0 radical (unpaired) electrons. The highest BCUT2D eigenvalue weighted by molar-refractivity contribution is 6.11. The van der Waals surface area contributed by atoms with Gasteiger partial charge in [-0.2, -0.15) is 10.3 Å². The largest absolute Gasteiger partial charge is 0.361 e. The highest BCUT2D eigenvalue weighted by Gasteiger charge is 2.53. The minimum Gasteiger partial charge on any atom is -0.361 e. The Morgan fingerprint density at radius 3 is 2.25 bits per heavy atom. The van der Waals surface area contributed by atoms with Crippen LogP contribution in [0.2, 0.25) is 0 Å². The first-order valence-corrected chi connectivity index (χ1v) is 7.63. The summed E-state index contributed by atoms with van der Waals surface area (Å²) in [6.07, 6.45) is 0. The number of nitrogens with zero attached hydrogens (tertiary/aromatic N) is 2. The van der Waals surface area contributed by atoms with Crippen molar-refractivity contribution in [2.75, 3.05) is 0 Å². The molecule has 126 valence electrons. The van der Waals surface area contributed by atoms with Crippen molar-refractivity contribution in [3.05, 3.63) is 47.3 Å². The van der Waals surface area contributed by atoms with Gasteiger partial charge in [-0.25, -0.2) is 0 Å².